The van der Waals surface area contributed by atoms with Crippen LogP contribution in [0.1, 0.15) is 30.6 Å². The van der Waals surface area contributed by atoms with Gasteiger partial charge in [-0.2, -0.15) is 0 Å². The van der Waals surface area contributed by atoms with E-state index < -0.39 is 5.82 Å². The van der Waals surface area contributed by atoms with Crippen molar-refractivity contribution in [2.45, 2.75) is 20.3 Å². The van der Waals surface area contributed by atoms with Gasteiger partial charge in [-0.3, -0.25) is 9.69 Å². The maximum Gasteiger partial charge on any atom is 0.180 e. The molecule has 0 aliphatic rings. The second-order valence-electron chi connectivity index (χ2n) is 4.14. The fraction of sp³-hybridized carbons (Fsp3) is 0.500. The smallest absolute Gasteiger partial charge is 0.180 e. The first kappa shape index (κ1) is 14.6. The van der Waals surface area contributed by atoms with Gasteiger partial charge in [0.25, 0.3) is 0 Å². The zero-order valence-electron chi connectivity index (χ0n) is 11.2. The molecule has 1 aromatic carbocycles. The maximum atomic E-state index is 13.2. The van der Waals surface area contributed by atoms with E-state index in [-0.39, 0.29) is 5.78 Å². The number of rotatable bonds is 7. The molecule has 1 aromatic rings. The Morgan fingerprint density at radius 2 is 2.11 bits per heavy atom. The highest BCUT2D eigenvalue weighted by atomic mass is 19.1. The van der Waals surface area contributed by atoms with Gasteiger partial charge in [0.1, 0.15) is 11.6 Å². The van der Waals surface area contributed by atoms with Crippen LogP contribution in [-0.4, -0.2) is 37.4 Å². The number of likely N-dealkylation sites (N-methyl/N-ethyl adjacent to an activating group) is 1. The predicted octanol–water partition coefficient (Wildman–Crippen LogP) is 2.75. The number of nitrogens with zero attached hydrogens (tertiary/aromatic N) is 1. The van der Waals surface area contributed by atoms with Crippen molar-refractivity contribution in [2.24, 2.45) is 0 Å². The van der Waals surface area contributed by atoms with Crippen molar-refractivity contribution in [3.63, 3.8) is 0 Å². The van der Waals surface area contributed by atoms with E-state index in [1.807, 2.05) is 11.8 Å². The average molecular weight is 253 g/mol. The van der Waals surface area contributed by atoms with Crippen LogP contribution in [0.5, 0.6) is 5.75 Å². The SMILES string of the molecule is CCCN(CC)CC(=O)c1cc(F)ccc1OC. The molecule has 0 aromatic heterocycles. The highest BCUT2D eigenvalue weighted by molar-refractivity contribution is 6.00. The summed E-state index contributed by atoms with van der Waals surface area (Å²) >= 11 is 0. The third-order valence-corrected chi connectivity index (χ3v) is 2.82. The fourth-order valence-electron chi connectivity index (χ4n) is 1.85. The molecule has 0 spiro atoms. The van der Waals surface area contributed by atoms with E-state index >= 15 is 0 Å². The molecule has 0 fully saturated rings. The van der Waals surface area contributed by atoms with Crippen LogP contribution >= 0.6 is 0 Å². The van der Waals surface area contributed by atoms with Gasteiger partial charge in [0.2, 0.25) is 0 Å². The normalized spacial score (nSPS) is 10.7. The van der Waals surface area contributed by atoms with Crippen LogP contribution in [0.25, 0.3) is 0 Å². The van der Waals surface area contributed by atoms with Gasteiger partial charge in [-0.25, -0.2) is 4.39 Å². The molecule has 100 valence electrons. The molecule has 0 unspecified atom stereocenters. The van der Waals surface area contributed by atoms with Gasteiger partial charge in [0.15, 0.2) is 5.78 Å². The summed E-state index contributed by atoms with van der Waals surface area (Å²) in [6, 6.07) is 4.01. The van der Waals surface area contributed by atoms with E-state index in [1.165, 1.54) is 25.3 Å². The molecule has 1 rings (SSSR count). The van der Waals surface area contributed by atoms with Crippen LogP contribution < -0.4 is 4.74 Å². The standard InChI is InChI=1S/C14H20FNO2/c1-4-8-16(5-2)10-13(17)12-9-11(15)6-7-14(12)18-3/h6-7,9H,4-5,8,10H2,1-3H3. The number of hydrogen-bond acceptors (Lipinski definition) is 3. The average Bonchev–Trinajstić information content (AvgIpc) is 2.38. The zero-order valence-corrected chi connectivity index (χ0v) is 11.2. The lowest BCUT2D eigenvalue weighted by Crippen LogP contribution is -2.30. The topological polar surface area (TPSA) is 29.5 Å². The lowest BCUT2D eigenvalue weighted by Gasteiger charge is -2.19. The van der Waals surface area contributed by atoms with E-state index in [1.54, 1.807) is 0 Å². The molecule has 0 heterocycles. The number of halogens is 1. The molecule has 0 saturated heterocycles. The predicted molar refractivity (Wildman–Crippen MR) is 69.7 cm³/mol. The first-order valence-corrected chi connectivity index (χ1v) is 6.21. The molecular weight excluding hydrogens is 233 g/mol. The summed E-state index contributed by atoms with van der Waals surface area (Å²) in [5, 5.41) is 0. The Balaban J connectivity index is 2.85. The van der Waals surface area contributed by atoms with E-state index in [4.69, 9.17) is 4.74 Å². The van der Waals surface area contributed by atoms with Crippen LogP contribution in [0.2, 0.25) is 0 Å². The molecular formula is C14H20FNO2. The minimum atomic E-state index is -0.419. The van der Waals surface area contributed by atoms with Gasteiger partial charge in [0, 0.05) is 0 Å². The lowest BCUT2D eigenvalue weighted by atomic mass is 10.1. The fourth-order valence-corrected chi connectivity index (χ4v) is 1.85. The Bertz CT molecular complexity index is 407. The van der Waals surface area contributed by atoms with Crippen molar-refractivity contribution in [3.05, 3.63) is 29.6 Å². The van der Waals surface area contributed by atoms with E-state index in [2.05, 4.69) is 6.92 Å². The lowest BCUT2D eigenvalue weighted by molar-refractivity contribution is 0.0930. The molecule has 0 amide bonds. The van der Waals surface area contributed by atoms with Crippen molar-refractivity contribution in [1.29, 1.82) is 0 Å². The van der Waals surface area contributed by atoms with Crippen molar-refractivity contribution in [3.8, 4) is 5.75 Å². The number of benzene rings is 1. The van der Waals surface area contributed by atoms with E-state index in [0.717, 1.165) is 19.5 Å². The number of ketones is 1. The van der Waals surface area contributed by atoms with Crippen molar-refractivity contribution in [2.75, 3.05) is 26.7 Å². The maximum absolute atomic E-state index is 13.2. The van der Waals surface area contributed by atoms with Crippen molar-refractivity contribution in [1.82, 2.24) is 4.90 Å². The summed E-state index contributed by atoms with van der Waals surface area (Å²) in [6.07, 6.45) is 0.988. The van der Waals surface area contributed by atoms with Gasteiger partial charge in [-0.05, 0) is 37.7 Å². The Morgan fingerprint density at radius 1 is 1.39 bits per heavy atom. The quantitative estimate of drug-likeness (QED) is 0.700. The summed E-state index contributed by atoms with van der Waals surface area (Å²) < 4.78 is 18.3. The van der Waals surface area contributed by atoms with E-state index in [0.29, 0.717) is 17.9 Å². The van der Waals surface area contributed by atoms with Crippen molar-refractivity contribution >= 4 is 5.78 Å². The Labute approximate surface area is 108 Å². The van der Waals surface area contributed by atoms with Gasteiger partial charge >= 0.3 is 0 Å². The molecule has 0 bridgehead atoms. The van der Waals surface area contributed by atoms with Gasteiger partial charge < -0.3 is 4.74 Å². The number of Topliss-reactive ketones (excluding diaryl/α,β-unsaturated/α-hetero) is 1. The third-order valence-electron chi connectivity index (χ3n) is 2.82. The van der Waals surface area contributed by atoms with Crippen LogP contribution in [-0.2, 0) is 0 Å². The molecule has 0 saturated carbocycles. The molecule has 4 heteroatoms. The second-order valence-corrected chi connectivity index (χ2v) is 4.14. The highest BCUT2D eigenvalue weighted by Gasteiger charge is 2.15. The van der Waals surface area contributed by atoms with Crippen LogP contribution in [0.15, 0.2) is 18.2 Å². The molecule has 18 heavy (non-hydrogen) atoms. The van der Waals surface area contributed by atoms with Crippen LogP contribution in [0.3, 0.4) is 0 Å². The molecule has 0 radical (unpaired) electrons. The number of carbonyl (C=O) groups excluding carboxylic acids is 1. The van der Waals surface area contributed by atoms with Gasteiger partial charge in [0.05, 0.1) is 19.2 Å². The van der Waals surface area contributed by atoms with Gasteiger partial charge in [-0.1, -0.05) is 13.8 Å². The number of methoxy groups -OCH3 is 1. The Hall–Kier alpha value is -1.42. The van der Waals surface area contributed by atoms with Gasteiger partial charge in [-0.15, -0.1) is 0 Å². The molecule has 0 aliphatic heterocycles. The zero-order chi connectivity index (χ0) is 13.5. The monoisotopic (exact) mass is 253 g/mol. The summed E-state index contributed by atoms with van der Waals surface area (Å²) in [4.78, 5) is 14.2. The summed E-state index contributed by atoms with van der Waals surface area (Å²) in [6.45, 7) is 6.03. The minimum absolute atomic E-state index is 0.110. The third kappa shape index (κ3) is 3.81. The van der Waals surface area contributed by atoms with Crippen molar-refractivity contribution < 1.29 is 13.9 Å². The second kappa shape index (κ2) is 7.11. The Kier molecular flexibility index (Phi) is 5.78. The highest BCUT2D eigenvalue weighted by Crippen LogP contribution is 2.20. The largest absolute Gasteiger partial charge is 0.496 e. The van der Waals surface area contributed by atoms with Crippen LogP contribution in [0.4, 0.5) is 4.39 Å². The first-order valence-electron chi connectivity index (χ1n) is 6.21. The minimum Gasteiger partial charge on any atom is -0.496 e. The number of carbonyl (C=O) groups is 1. The molecule has 0 atom stereocenters. The number of ether oxygens (including phenoxy) is 1. The molecule has 3 nitrogen and oxygen atoms in total. The summed E-state index contributed by atoms with van der Waals surface area (Å²) in [7, 11) is 1.48. The molecule has 0 aliphatic carbocycles. The Morgan fingerprint density at radius 3 is 2.67 bits per heavy atom. The molecule has 0 N–H and O–H groups in total. The van der Waals surface area contributed by atoms with Crippen LogP contribution in [0, 0.1) is 5.82 Å². The summed E-state index contributed by atoms with van der Waals surface area (Å²) in [5.41, 5.74) is 0.312. The first-order chi connectivity index (χ1) is 8.62. The van der Waals surface area contributed by atoms with E-state index in [9.17, 15) is 9.18 Å². The summed E-state index contributed by atoms with van der Waals surface area (Å²) in [5.74, 6) is -0.103. The number of hydrogen-bond donors (Lipinski definition) is 0.